The molecule has 0 saturated carbocycles. The Morgan fingerprint density at radius 1 is 1.13 bits per heavy atom. The lowest BCUT2D eigenvalue weighted by Gasteiger charge is -2.34. The Labute approximate surface area is 243 Å². The summed E-state index contributed by atoms with van der Waals surface area (Å²) in [5.41, 5.74) is 1.51. The monoisotopic (exact) mass is 616 g/mol. The van der Waals surface area contributed by atoms with Crippen LogP contribution in [0.5, 0.6) is 5.75 Å². The highest BCUT2D eigenvalue weighted by Gasteiger charge is 2.40. The third-order valence-corrected chi connectivity index (χ3v) is 9.52. The second-order valence-electron chi connectivity index (χ2n) is 10.5. The van der Waals surface area contributed by atoms with E-state index in [0.29, 0.717) is 30.3 Å². The Bertz CT molecular complexity index is 1380. The van der Waals surface area contributed by atoms with Crippen LogP contribution in [0.2, 0.25) is 15.1 Å². The number of nitrogens with one attached hydrogen (secondary N) is 3. The van der Waals surface area contributed by atoms with E-state index in [0.717, 1.165) is 15.4 Å². The minimum absolute atomic E-state index is 0.00730. The first-order valence-electron chi connectivity index (χ1n) is 12.5. The van der Waals surface area contributed by atoms with Gasteiger partial charge in [-0.1, -0.05) is 34.8 Å². The Kier molecular flexibility index (Phi) is 9.05. The zero-order valence-electron chi connectivity index (χ0n) is 21.8. The SMILES string of the molecule is CC(C)(C)NCc1cc2c(cc1Cl)[C@H](NC(=O)C[C@@H]1C(=O)NCCN1S(=O)(=O)c1ccc(Cl)c(Cl)c1)CCO2. The third kappa shape index (κ3) is 6.99. The summed E-state index contributed by atoms with van der Waals surface area (Å²) >= 11 is 18.5. The van der Waals surface area contributed by atoms with Gasteiger partial charge in [-0.15, -0.1) is 0 Å². The second-order valence-corrected chi connectivity index (χ2v) is 13.7. The van der Waals surface area contributed by atoms with E-state index in [9.17, 15) is 18.0 Å². The fraction of sp³-hybridized carbons (Fsp3) is 0.462. The first kappa shape index (κ1) is 29.9. The molecule has 212 valence electrons. The molecule has 39 heavy (non-hydrogen) atoms. The maximum absolute atomic E-state index is 13.4. The van der Waals surface area contributed by atoms with E-state index in [4.69, 9.17) is 39.5 Å². The van der Waals surface area contributed by atoms with Crippen molar-refractivity contribution in [3.8, 4) is 5.75 Å². The topological polar surface area (TPSA) is 117 Å². The van der Waals surface area contributed by atoms with Gasteiger partial charge >= 0.3 is 0 Å². The van der Waals surface area contributed by atoms with Crippen LogP contribution in [0, 0.1) is 0 Å². The van der Waals surface area contributed by atoms with Gasteiger partial charge in [0, 0.05) is 42.2 Å². The summed E-state index contributed by atoms with van der Waals surface area (Å²) in [7, 11) is -4.13. The Hall–Kier alpha value is -2.08. The smallest absolute Gasteiger partial charge is 0.243 e. The minimum Gasteiger partial charge on any atom is -0.493 e. The zero-order chi connectivity index (χ0) is 28.5. The van der Waals surface area contributed by atoms with Crippen molar-refractivity contribution in [3.05, 3.63) is 56.5 Å². The molecule has 2 aliphatic heterocycles. The number of sulfonamides is 1. The molecule has 0 aromatic heterocycles. The number of piperazine rings is 1. The number of nitrogens with zero attached hydrogens (tertiary/aromatic N) is 1. The van der Waals surface area contributed by atoms with Gasteiger partial charge in [-0.3, -0.25) is 9.59 Å². The molecule has 2 heterocycles. The van der Waals surface area contributed by atoms with Crippen LogP contribution in [0.15, 0.2) is 35.2 Å². The van der Waals surface area contributed by atoms with Crippen molar-refractivity contribution in [2.75, 3.05) is 19.7 Å². The van der Waals surface area contributed by atoms with Crippen LogP contribution in [0.25, 0.3) is 0 Å². The van der Waals surface area contributed by atoms with Crippen molar-refractivity contribution in [1.29, 1.82) is 0 Å². The van der Waals surface area contributed by atoms with Gasteiger partial charge in [0.1, 0.15) is 11.8 Å². The minimum atomic E-state index is -4.13. The number of carbonyl (C=O) groups excluding carboxylic acids is 2. The fourth-order valence-electron chi connectivity index (χ4n) is 4.47. The standard InChI is InChI=1S/C26H31Cl3N4O5S/c1-26(2,3)31-14-15-10-23-17(12-19(15)28)21(6-9-38-23)32-24(34)13-22-25(35)30-7-8-33(22)39(36,37)16-4-5-18(27)20(29)11-16/h4-5,10-12,21-22,31H,6-9,13-14H2,1-3H3,(H,30,35)(H,32,34)/t21-,22-/m1/s1. The number of rotatable bonds is 7. The van der Waals surface area contributed by atoms with Gasteiger partial charge in [0.25, 0.3) is 0 Å². The molecule has 0 unspecified atom stereocenters. The Morgan fingerprint density at radius 3 is 2.56 bits per heavy atom. The molecule has 2 aromatic carbocycles. The summed E-state index contributed by atoms with van der Waals surface area (Å²) in [6.45, 7) is 7.24. The average Bonchev–Trinajstić information content (AvgIpc) is 2.85. The van der Waals surface area contributed by atoms with E-state index in [1.807, 2.05) is 6.07 Å². The highest BCUT2D eigenvalue weighted by atomic mass is 35.5. The quantitative estimate of drug-likeness (QED) is 0.432. The van der Waals surface area contributed by atoms with E-state index in [-0.39, 0.29) is 40.0 Å². The highest BCUT2D eigenvalue weighted by molar-refractivity contribution is 7.89. The van der Waals surface area contributed by atoms with Crippen LogP contribution in [0.4, 0.5) is 0 Å². The fourth-order valence-corrected chi connectivity index (χ4v) is 6.69. The normalized spacial score (nSPS) is 20.1. The van der Waals surface area contributed by atoms with Crippen molar-refractivity contribution in [1.82, 2.24) is 20.3 Å². The van der Waals surface area contributed by atoms with Crippen molar-refractivity contribution in [2.45, 2.75) is 62.7 Å². The first-order chi connectivity index (χ1) is 18.3. The van der Waals surface area contributed by atoms with E-state index < -0.39 is 33.9 Å². The molecule has 3 N–H and O–H groups in total. The first-order valence-corrected chi connectivity index (χ1v) is 15.1. The highest BCUT2D eigenvalue weighted by Crippen LogP contribution is 2.37. The van der Waals surface area contributed by atoms with E-state index in [2.05, 4.69) is 36.7 Å². The van der Waals surface area contributed by atoms with Gasteiger partial charge in [-0.05, 0) is 56.7 Å². The summed E-state index contributed by atoms with van der Waals surface area (Å²) in [5.74, 6) is -0.397. The molecule has 13 heteroatoms. The summed E-state index contributed by atoms with van der Waals surface area (Å²) in [4.78, 5) is 25.8. The van der Waals surface area contributed by atoms with Crippen molar-refractivity contribution in [3.63, 3.8) is 0 Å². The number of halogens is 3. The lowest BCUT2D eigenvalue weighted by atomic mass is 9.97. The molecule has 2 aliphatic rings. The molecule has 4 rings (SSSR count). The van der Waals surface area contributed by atoms with Crippen LogP contribution in [0.1, 0.15) is 50.8 Å². The van der Waals surface area contributed by atoms with Gasteiger partial charge < -0.3 is 20.7 Å². The van der Waals surface area contributed by atoms with Gasteiger partial charge in [-0.25, -0.2) is 8.42 Å². The molecule has 9 nitrogen and oxygen atoms in total. The van der Waals surface area contributed by atoms with Crippen molar-refractivity contribution < 1.29 is 22.7 Å². The van der Waals surface area contributed by atoms with Crippen LogP contribution in [-0.2, 0) is 26.2 Å². The van der Waals surface area contributed by atoms with E-state index in [1.54, 1.807) is 6.07 Å². The zero-order valence-corrected chi connectivity index (χ0v) is 24.9. The number of benzene rings is 2. The predicted octanol–water partition coefficient (Wildman–Crippen LogP) is 4.05. The second kappa shape index (κ2) is 11.8. The molecular formula is C26H31Cl3N4O5S. The molecule has 1 fully saturated rings. The number of ether oxygens (including phenoxy) is 1. The molecule has 0 radical (unpaired) electrons. The van der Waals surface area contributed by atoms with Gasteiger partial charge in [-0.2, -0.15) is 4.31 Å². The summed E-state index contributed by atoms with van der Waals surface area (Å²) in [5, 5.41) is 9.81. The van der Waals surface area contributed by atoms with Crippen LogP contribution in [0.3, 0.4) is 0 Å². The lowest BCUT2D eigenvalue weighted by molar-refractivity contribution is -0.132. The summed E-state index contributed by atoms with van der Waals surface area (Å²) in [6, 6.07) is 5.95. The lowest BCUT2D eigenvalue weighted by Crippen LogP contribution is -2.58. The van der Waals surface area contributed by atoms with Gasteiger partial charge in [0.2, 0.25) is 21.8 Å². The molecular weight excluding hydrogens is 587 g/mol. The third-order valence-electron chi connectivity index (χ3n) is 6.52. The number of amides is 2. The maximum Gasteiger partial charge on any atom is 0.243 e. The Balaban J connectivity index is 1.51. The van der Waals surface area contributed by atoms with Crippen LogP contribution in [-0.4, -0.2) is 55.8 Å². The molecule has 0 spiro atoms. The van der Waals surface area contributed by atoms with Gasteiger partial charge in [0.15, 0.2) is 0 Å². The van der Waals surface area contributed by atoms with Crippen LogP contribution < -0.4 is 20.7 Å². The van der Waals surface area contributed by atoms with E-state index >= 15 is 0 Å². The molecule has 0 bridgehead atoms. The molecule has 0 aliphatic carbocycles. The number of carbonyl (C=O) groups is 2. The predicted molar refractivity (Wildman–Crippen MR) is 151 cm³/mol. The average molecular weight is 618 g/mol. The summed E-state index contributed by atoms with van der Waals surface area (Å²) < 4.78 is 33.7. The molecule has 2 atom stereocenters. The largest absolute Gasteiger partial charge is 0.493 e. The Morgan fingerprint density at radius 2 is 1.87 bits per heavy atom. The molecule has 1 saturated heterocycles. The maximum atomic E-state index is 13.4. The van der Waals surface area contributed by atoms with Crippen molar-refractivity contribution >= 4 is 56.6 Å². The molecule has 2 amide bonds. The summed E-state index contributed by atoms with van der Waals surface area (Å²) in [6.07, 6.45) is 0.136. The molecule has 2 aromatic rings. The van der Waals surface area contributed by atoms with Crippen LogP contribution >= 0.6 is 34.8 Å². The van der Waals surface area contributed by atoms with Gasteiger partial charge in [0.05, 0.1) is 34.0 Å². The van der Waals surface area contributed by atoms with E-state index in [1.165, 1.54) is 18.2 Å². The number of fused-ring (bicyclic) bond motifs is 1. The number of hydrogen-bond acceptors (Lipinski definition) is 6. The van der Waals surface area contributed by atoms with Crippen molar-refractivity contribution in [2.24, 2.45) is 0 Å². The number of hydrogen-bond donors (Lipinski definition) is 3.